The minimum atomic E-state index is 0.843. The van der Waals surface area contributed by atoms with Gasteiger partial charge < -0.3 is 5.32 Å². The van der Waals surface area contributed by atoms with E-state index in [1.54, 1.807) is 0 Å². The molecule has 2 unspecified atom stereocenters. The summed E-state index contributed by atoms with van der Waals surface area (Å²) in [6, 6.07) is 0.869. The van der Waals surface area contributed by atoms with Gasteiger partial charge in [0.2, 0.25) is 0 Å². The second-order valence-corrected chi connectivity index (χ2v) is 5.46. The fourth-order valence-corrected chi connectivity index (χ4v) is 2.06. The molecule has 0 heterocycles. The van der Waals surface area contributed by atoms with E-state index in [0.29, 0.717) is 0 Å². The fourth-order valence-electron chi connectivity index (χ4n) is 2.06. The molecule has 1 aliphatic carbocycles. The van der Waals surface area contributed by atoms with E-state index in [2.05, 4.69) is 33.0 Å². The van der Waals surface area contributed by atoms with Crippen LogP contribution >= 0.6 is 0 Å². The van der Waals surface area contributed by atoms with Gasteiger partial charge in [-0.25, -0.2) is 0 Å². The molecule has 0 aromatic heterocycles. The molecule has 1 aliphatic rings. The molecule has 1 heteroatoms. The highest BCUT2D eigenvalue weighted by Gasteiger charge is 2.23. The molecule has 2 atom stereocenters. The van der Waals surface area contributed by atoms with Crippen LogP contribution in [0.3, 0.4) is 0 Å². The third-order valence-corrected chi connectivity index (χ3v) is 3.47. The zero-order valence-corrected chi connectivity index (χ0v) is 10.3. The fraction of sp³-hybridized carbons (Fsp3) is 1.00. The van der Waals surface area contributed by atoms with Crippen LogP contribution in [0.2, 0.25) is 0 Å². The van der Waals surface area contributed by atoms with Crippen molar-refractivity contribution < 1.29 is 0 Å². The number of hydrogen-bond acceptors (Lipinski definition) is 1. The van der Waals surface area contributed by atoms with Crippen LogP contribution < -0.4 is 5.32 Å². The maximum absolute atomic E-state index is 3.68. The Bertz CT molecular complexity index is 149. The molecular formula is C13H27N. The van der Waals surface area contributed by atoms with Crippen LogP contribution in [0.4, 0.5) is 0 Å². The quantitative estimate of drug-likeness (QED) is 0.659. The van der Waals surface area contributed by atoms with Crippen LogP contribution in [0.15, 0.2) is 0 Å². The molecule has 1 fully saturated rings. The Kier molecular flexibility index (Phi) is 4.94. The van der Waals surface area contributed by atoms with Gasteiger partial charge in [0.1, 0.15) is 0 Å². The summed E-state index contributed by atoms with van der Waals surface area (Å²) < 4.78 is 0. The van der Waals surface area contributed by atoms with Crippen LogP contribution in [0.1, 0.15) is 53.4 Å². The van der Waals surface area contributed by atoms with Gasteiger partial charge in [-0.15, -0.1) is 0 Å². The smallest absolute Gasteiger partial charge is 0.00683 e. The van der Waals surface area contributed by atoms with Crippen LogP contribution in [0.25, 0.3) is 0 Å². The van der Waals surface area contributed by atoms with E-state index < -0.39 is 0 Å². The van der Waals surface area contributed by atoms with Crippen molar-refractivity contribution >= 4 is 0 Å². The molecule has 14 heavy (non-hydrogen) atoms. The highest BCUT2D eigenvalue weighted by atomic mass is 14.9. The third kappa shape index (κ3) is 4.45. The lowest BCUT2D eigenvalue weighted by Gasteiger charge is -2.25. The average molecular weight is 197 g/mol. The molecule has 0 spiro atoms. The maximum Gasteiger partial charge on any atom is 0.00683 e. The first kappa shape index (κ1) is 12.0. The van der Waals surface area contributed by atoms with E-state index in [-0.39, 0.29) is 0 Å². The summed E-state index contributed by atoms with van der Waals surface area (Å²) in [7, 11) is 0. The number of hydrogen-bond donors (Lipinski definition) is 1. The highest BCUT2D eigenvalue weighted by Crippen LogP contribution is 2.25. The Morgan fingerprint density at radius 2 is 1.86 bits per heavy atom. The summed E-state index contributed by atoms with van der Waals surface area (Å²) in [5.74, 6) is 2.61. The average Bonchev–Trinajstić information content (AvgIpc) is 2.93. The second-order valence-electron chi connectivity index (χ2n) is 5.46. The standard InChI is InChI=1S/C13H27N/c1-5-11(4)12(8-10(2)3)9-14-13-6-7-13/h10-14H,5-9H2,1-4H3. The molecule has 0 aromatic rings. The normalized spacial score (nSPS) is 21.2. The van der Waals surface area contributed by atoms with Gasteiger partial charge in [0.05, 0.1) is 0 Å². The zero-order valence-electron chi connectivity index (χ0n) is 10.3. The predicted octanol–water partition coefficient (Wildman–Crippen LogP) is 3.45. The molecule has 84 valence electrons. The summed E-state index contributed by atoms with van der Waals surface area (Å²) >= 11 is 0. The van der Waals surface area contributed by atoms with Gasteiger partial charge in [0, 0.05) is 6.04 Å². The Hall–Kier alpha value is -0.0400. The molecule has 0 bridgehead atoms. The van der Waals surface area contributed by atoms with Crippen molar-refractivity contribution in [2.75, 3.05) is 6.54 Å². The van der Waals surface area contributed by atoms with E-state index in [1.807, 2.05) is 0 Å². The predicted molar refractivity (Wildman–Crippen MR) is 63.4 cm³/mol. The topological polar surface area (TPSA) is 12.0 Å². The van der Waals surface area contributed by atoms with Crippen molar-refractivity contribution in [1.82, 2.24) is 5.32 Å². The lowest BCUT2D eigenvalue weighted by Crippen LogP contribution is -2.29. The lowest BCUT2D eigenvalue weighted by molar-refractivity contribution is 0.280. The lowest BCUT2D eigenvalue weighted by atomic mass is 9.85. The molecule has 1 saturated carbocycles. The molecule has 1 rings (SSSR count). The van der Waals surface area contributed by atoms with Crippen molar-refractivity contribution in [2.24, 2.45) is 17.8 Å². The van der Waals surface area contributed by atoms with Gasteiger partial charge in [-0.05, 0) is 43.6 Å². The van der Waals surface area contributed by atoms with Crippen LogP contribution in [-0.4, -0.2) is 12.6 Å². The van der Waals surface area contributed by atoms with Crippen LogP contribution in [0.5, 0.6) is 0 Å². The molecule has 1 nitrogen and oxygen atoms in total. The van der Waals surface area contributed by atoms with E-state index in [4.69, 9.17) is 0 Å². The Morgan fingerprint density at radius 1 is 1.21 bits per heavy atom. The summed E-state index contributed by atoms with van der Waals surface area (Å²) in [6.45, 7) is 10.6. The first-order valence-electron chi connectivity index (χ1n) is 6.36. The van der Waals surface area contributed by atoms with E-state index in [0.717, 1.165) is 23.8 Å². The van der Waals surface area contributed by atoms with Gasteiger partial charge in [0.25, 0.3) is 0 Å². The highest BCUT2D eigenvalue weighted by molar-refractivity contribution is 4.82. The SMILES string of the molecule is CCC(C)C(CNC1CC1)CC(C)C. The van der Waals surface area contributed by atoms with E-state index in [9.17, 15) is 0 Å². The molecule has 0 radical (unpaired) electrons. The summed E-state index contributed by atoms with van der Waals surface area (Å²) in [5, 5.41) is 3.68. The van der Waals surface area contributed by atoms with Crippen molar-refractivity contribution in [3.05, 3.63) is 0 Å². The van der Waals surface area contributed by atoms with E-state index in [1.165, 1.54) is 32.2 Å². The Balaban J connectivity index is 2.25. The monoisotopic (exact) mass is 197 g/mol. The minimum Gasteiger partial charge on any atom is -0.314 e. The summed E-state index contributed by atoms with van der Waals surface area (Å²) in [5.41, 5.74) is 0. The molecular weight excluding hydrogens is 170 g/mol. The maximum atomic E-state index is 3.68. The summed E-state index contributed by atoms with van der Waals surface area (Å²) in [4.78, 5) is 0. The zero-order chi connectivity index (χ0) is 10.6. The van der Waals surface area contributed by atoms with Crippen molar-refractivity contribution in [2.45, 2.75) is 59.4 Å². The largest absolute Gasteiger partial charge is 0.314 e. The van der Waals surface area contributed by atoms with Crippen LogP contribution in [-0.2, 0) is 0 Å². The molecule has 0 amide bonds. The third-order valence-electron chi connectivity index (χ3n) is 3.47. The van der Waals surface area contributed by atoms with Crippen LogP contribution in [0, 0.1) is 17.8 Å². The van der Waals surface area contributed by atoms with Gasteiger partial charge >= 0.3 is 0 Å². The molecule has 0 aromatic carbocycles. The number of rotatable bonds is 7. The van der Waals surface area contributed by atoms with E-state index >= 15 is 0 Å². The first-order valence-corrected chi connectivity index (χ1v) is 6.36. The van der Waals surface area contributed by atoms with Gasteiger partial charge in [-0.1, -0.05) is 34.1 Å². The summed E-state index contributed by atoms with van der Waals surface area (Å²) in [6.07, 6.45) is 5.53. The number of nitrogens with one attached hydrogen (secondary N) is 1. The van der Waals surface area contributed by atoms with Gasteiger partial charge in [-0.3, -0.25) is 0 Å². The van der Waals surface area contributed by atoms with Crippen molar-refractivity contribution in [3.63, 3.8) is 0 Å². The second kappa shape index (κ2) is 5.75. The molecule has 0 aliphatic heterocycles. The molecule has 1 N–H and O–H groups in total. The van der Waals surface area contributed by atoms with Gasteiger partial charge in [-0.2, -0.15) is 0 Å². The van der Waals surface area contributed by atoms with Crippen molar-refractivity contribution in [1.29, 1.82) is 0 Å². The Labute approximate surface area is 89.7 Å². The minimum absolute atomic E-state index is 0.843. The first-order chi connectivity index (χ1) is 6.63. The Morgan fingerprint density at radius 3 is 2.29 bits per heavy atom. The van der Waals surface area contributed by atoms with Crippen molar-refractivity contribution in [3.8, 4) is 0 Å². The molecule has 0 saturated heterocycles. The van der Waals surface area contributed by atoms with Gasteiger partial charge in [0.15, 0.2) is 0 Å².